The van der Waals surface area contributed by atoms with Crippen LogP contribution < -0.4 is 0 Å². The summed E-state index contributed by atoms with van der Waals surface area (Å²) in [6.07, 6.45) is 2.45. The molecule has 0 radical (unpaired) electrons. The summed E-state index contributed by atoms with van der Waals surface area (Å²) in [5.74, 6) is 0. The van der Waals surface area contributed by atoms with Crippen molar-refractivity contribution >= 4 is 30.4 Å². The van der Waals surface area contributed by atoms with Gasteiger partial charge in [-0.2, -0.15) is 0 Å². The van der Waals surface area contributed by atoms with Gasteiger partial charge in [-0.3, -0.25) is 4.57 Å². The second kappa shape index (κ2) is 6.78. The average molecular weight is 337 g/mol. The molecule has 0 aromatic carbocycles. The van der Waals surface area contributed by atoms with Gasteiger partial charge < -0.3 is 24.2 Å². The number of fused-ring (bicyclic) bond motifs is 1. The van der Waals surface area contributed by atoms with E-state index in [9.17, 15) is 9.67 Å². The van der Waals surface area contributed by atoms with E-state index in [1.807, 2.05) is 0 Å². The van der Waals surface area contributed by atoms with Crippen LogP contribution in [0.5, 0.6) is 0 Å². The van der Waals surface area contributed by atoms with Gasteiger partial charge in [-0.25, -0.2) is 15.0 Å². The lowest BCUT2D eigenvalue weighted by Gasteiger charge is -2.17. The Morgan fingerprint density at radius 1 is 1.38 bits per heavy atom. The minimum Gasteiger partial charge on any atom is -0.394 e. The van der Waals surface area contributed by atoms with Crippen LogP contribution in [0.1, 0.15) is 12.5 Å². The van der Waals surface area contributed by atoms with Gasteiger partial charge in [0.2, 0.25) is 0 Å². The van der Waals surface area contributed by atoms with Crippen molar-refractivity contribution in [1.29, 1.82) is 0 Å². The van der Waals surface area contributed by atoms with Gasteiger partial charge in [-0.05, 0) is 6.42 Å². The minimum absolute atomic E-state index is 0.0708. The lowest BCUT2D eigenvalue weighted by molar-refractivity contribution is 0.127. The summed E-state index contributed by atoms with van der Waals surface area (Å²) in [6.45, 7) is -0.142. The fourth-order valence-corrected chi connectivity index (χ4v) is 2.43. The number of nitrogens with zero attached hydrogens (tertiary/aromatic N) is 4. The first-order chi connectivity index (χ1) is 9.92. The number of aliphatic hydroxyl groups is 1. The highest BCUT2D eigenvalue weighted by molar-refractivity contribution is 7.51. The number of ether oxygens (including phenoxy) is 1. The zero-order valence-corrected chi connectivity index (χ0v) is 12.5. The zero-order chi connectivity index (χ0) is 15.5. The van der Waals surface area contributed by atoms with Gasteiger partial charge in [0.15, 0.2) is 10.8 Å². The molecule has 0 saturated heterocycles. The molecule has 11 heteroatoms. The molecular formula is C10H14ClN4O5P. The highest BCUT2D eigenvalue weighted by Crippen LogP contribution is 2.34. The first kappa shape index (κ1) is 16.3. The van der Waals surface area contributed by atoms with Crippen molar-refractivity contribution in [3.63, 3.8) is 0 Å². The Labute approximate surface area is 124 Å². The molecular weight excluding hydrogens is 323 g/mol. The van der Waals surface area contributed by atoms with Crippen LogP contribution in [-0.2, 0) is 9.30 Å². The summed E-state index contributed by atoms with van der Waals surface area (Å²) in [5.41, 5.74) is 0.901. The van der Waals surface area contributed by atoms with E-state index in [4.69, 9.17) is 26.1 Å². The van der Waals surface area contributed by atoms with Gasteiger partial charge in [-0.1, -0.05) is 11.6 Å². The SMILES string of the molecule is O=P(O)(O)COCCC(CO)n1cnc2ncnc(Cl)c21. The molecule has 2 heterocycles. The molecule has 0 saturated carbocycles. The molecule has 21 heavy (non-hydrogen) atoms. The highest BCUT2D eigenvalue weighted by atomic mass is 35.5. The van der Waals surface area contributed by atoms with Crippen LogP contribution in [0.2, 0.25) is 5.15 Å². The summed E-state index contributed by atoms with van der Waals surface area (Å²) in [7, 11) is -4.19. The third-order valence-electron chi connectivity index (χ3n) is 2.78. The number of halogens is 1. The molecule has 116 valence electrons. The smallest absolute Gasteiger partial charge is 0.350 e. The zero-order valence-electron chi connectivity index (χ0n) is 10.8. The standard InChI is InChI=1S/C10H14ClN4O5P/c11-9-8-10(13-4-12-9)14-5-15(8)7(3-16)1-2-20-6-21(17,18)19/h4-5,7,16H,1-3,6H2,(H2,17,18,19). The Kier molecular flexibility index (Phi) is 5.26. The second-order valence-electron chi connectivity index (χ2n) is 4.32. The molecule has 1 atom stereocenters. The van der Waals surface area contributed by atoms with Gasteiger partial charge in [0.25, 0.3) is 0 Å². The van der Waals surface area contributed by atoms with Crippen LogP contribution in [0, 0.1) is 0 Å². The van der Waals surface area contributed by atoms with Gasteiger partial charge >= 0.3 is 7.60 Å². The van der Waals surface area contributed by atoms with Gasteiger partial charge in [0, 0.05) is 6.61 Å². The number of imidazole rings is 1. The molecule has 2 aromatic heterocycles. The number of rotatable bonds is 7. The molecule has 0 spiro atoms. The van der Waals surface area contributed by atoms with Crippen molar-refractivity contribution in [3.8, 4) is 0 Å². The maximum atomic E-state index is 10.7. The summed E-state index contributed by atoms with van der Waals surface area (Å²) >= 11 is 6.00. The lowest BCUT2D eigenvalue weighted by Crippen LogP contribution is -2.15. The fourth-order valence-electron chi connectivity index (χ4n) is 1.84. The first-order valence-electron chi connectivity index (χ1n) is 5.98. The van der Waals surface area contributed by atoms with Crippen LogP contribution >= 0.6 is 19.2 Å². The Hall–Kier alpha value is -1.09. The van der Waals surface area contributed by atoms with E-state index in [1.165, 1.54) is 12.7 Å². The molecule has 2 aromatic rings. The molecule has 0 aliphatic heterocycles. The number of hydrogen-bond acceptors (Lipinski definition) is 6. The van der Waals surface area contributed by atoms with Crippen LogP contribution in [0.15, 0.2) is 12.7 Å². The van der Waals surface area contributed by atoms with Crippen molar-refractivity contribution in [2.75, 3.05) is 19.6 Å². The normalized spacial score (nSPS) is 13.7. The van der Waals surface area contributed by atoms with Crippen molar-refractivity contribution in [2.24, 2.45) is 0 Å². The summed E-state index contributed by atoms with van der Waals surface area (Å²) in [4.78, 5) is 29.3. The summed E-state index contributed by atoms with van der Waals surface area (Å²) in [5, 5.41) is 9.68. The molecule has 3 N–H and O–H groups in total. The molecule has 0 amide bonds. The predicted molar refractivity (Wildman–Crippen MR) is 73.9 cm³/mol. The molecule has 0 aliphatic carbocycles. The summed E-state index contributed by atoms with van der Waals surface area (Å²) in [6, 6.07) is -0.407. The van der Waals surface area contributed by atoms with E-state index in [2.05, 4.69) is 15.0 Å². The van der Waals surface area contributed by atoms with Crippen LogP contribution in [-0.4, -0.2) is 54.0 Å². The van der Waals surface area contributed by atoms with Crippen molar-refractivity contribution in [2.45, 2.75) is 12.5 Å². The molecule has 1 unspecified atom stereocenters. The quantitative estimate of drug-likeness (QED) is 0.379. The molecule has 9 nitrogen and oxygen atoms in total. The Balaban J connectivity index is 2.08. The predicted octanol–water partition coefficient (Wildman–Crippen LogP) is 0.555. The monoisotopic (exact) mass is 336 g/mol. The topological polar surface area (TPSA) is 131 Å². The van der Waals surface area contributed by atoms with Crippen molar-refractivity contribution < 1.29 is 24.2 Å². The van der Waals surface area contributed by atoms with Crippen LogP contribution in [0.4, 0.5) is 0 Å². The number of aromatic nitrogens is 4. The molecule has 2 rings (SSSR count). The summed E-state index contributed by atoms with van der Waals surface area (Å²) < 4.78 is 17.2. The van der Waals surface area contributed by atoms with E-state index >= 15 is 0 Å². The van der Waals surface area contributed by atoms with Gasteiger partial charge in [-0.15, -0.1) is 0 Å². The molecule has 0 aliphatic rings. The number of aliphatic hydroxyl groups excluding tert-OH is 1. The number of hydrogen-bond donors (Lipinski definition) is 3. The van der Waals surface area contributed by atoms with Crippen molar-refractivity contribution in [1.82, 2.24) is 19.5 Å². The first-order valence-corrected chi connectivity index (χ1v) is 8.16. The lowest BCUT2D eigenvalue weighted by atomic mass is 10.2. The van der Waals surface area contributed by atoms with E-state index in [1.54, 1.807) is 4.57 Å². The van der Waals surface area contributed by atoms with Gasteiger partial charge in [0.05, 0.1) is 19.0 Å². The van der Waals surface area contributed by atoms with E-state index in [0.717, 1.165) is 0 Å². The third-order valence-corrected chi connectivity index (χ3v) is 3.58. The fraction of sp³-hybridized carbons (Fsp3) is 0.500. The molecule has 0 fully saturated rings. The second-order valence-corrected chi connectivity index (χ2v) is 6.26. The van der Waals surface area contributed by atoms with E-state index in [-0.39, 0.29) is 18.4 Å². The van der Waals surface area contributed by atoms with E-state index < -0.39 is 20.0 Å². The van der Waals surface area contributed by atoms with Crippen molar-refractivity contribution in [3.05, 3.63) is 17.8 Å². The minimum atomic E-state index is -4.19. The van der Waals surface area contributed by atoms with Crippen LogP contribution in [0.3, 0.4) is 0 Å². The Morgan fingerprint density at radius 3 is 2.81 bits per heavy atom. The Bertz CT molecular complexity index is 660. The highest BCUT2D eigenvalue weighted by Gasteiger charge is 2.18. The third kappa shape index (κ3) is 4.19. The van der Waals surface area contributed by atoms with E-state index in [0.29, 0.717) is 17.6 Å². The maximum Gasteiger partial charge on any atom is 0.350 e. The molecule has 0 bridgehead atoms. The maximum absolute atomic E-state index is 10.7. The largest absolute Gasteiger partial charge is 0.394 e. The van der Waals surface area contributed by atoms with Crippen LogP contribution in [0.25, 0.3) is 11.2 Å². The average Bonchev–Trinajstić information content (AvgIpc) is 2.83. The Morgan fingerprint density at radius 2 is 2.14 bits per heavy atom. The van der Waals surface area contributed by atoms with Gasteiger partial charge in [0.1, 0.15) is 18.2 Å².